The fourth-order valence-corrected chi connectivity index (χ4v) is 4.18. The fraction of sp³-hybridized carbons (Fsp3) is 0.304. The zero-order valence-electron chi connectivity index (χ0n) is 18.7. The van der Waals surface area contributed by atoms with Crippen LogP contribution in [0.3, 0.4) is 0 Å². The first kappa shape index (κ1) is 24.0. The first-order valence-corrected chi connectivity index (χ1v) is 11.0. The van der Waals surface area contributed by atoms with Gasteiger partial charge in [-0.15, -0.1) is 0 Å². The molecule has 0 saturated heterocycles. The van der Waals surface area contributed by atoms with E-state index in [1.807, 2.05) is 0 Å². The molecule has 0 atom stereocenters. The molecule has 0 spiro atoms. The third kappa shape index (κ3) is 5.40. The van der Waals surface area contributed by atoms with Crippen molar-refractivity contribution in [1.82, 2.24) is 4.57 Å². The van der Waals surface area contributed by atoms with Gasteiger partial charge >= 0.3 is 11.9 Å². The van der Waals surface area contributed by atoms with E-state index in [1.165, 1.54) is 25.6 Å². The maximum absolute atomic E-state index is 13.0. The van der Waals surface area contributed by atoms with Crippen LogP contribution in [0, 0.1) is 0 Å². The Morgan fingerprint density at radius 3 is 2.39 bits per heavy atom. The Hall–Kier alpha value is -3.66. The summed E-state index contributed by atoms with van der Waals surface area (Å²) in [6.45, 7) is 3.78. The maximum Gasteiger partial charge on any atom is 0.338 e. The second-order valence-electron chi connectivity index (χ2n) is 6.66. The first-order chi connectivity index (χ1) is 15.9. The van der Waals surface area contributed by atoms with Crippen molar-refractivity contribution >= 4 is 39.4 Å². The lowest BCUT2D eigenvalue weighted by Crippen LogP contribution is -2.23. The minimum Gasteiger partial charge on any atom is -0.497 e. The van der Waals surface area contributed by atoms with E-state index in [2.05, 4.69) is 4.99 Å². The Morgan fingerprint density at radius 1 is 0.970 bits per heavy atom. The van der Waals surface area contributed by atoms with Gasteiger partial charge in [0.25, 0.3) is 5.91 Å². The minimum atomic E-state index is -0.552. The van der Waals surface area contributed by atoms with Crippen LogP contribution in [0.4, 0.5) is 0 Å². The molecule has 3 rings (SSSR count). The van der Waals surface area contributed by atoms with Crippen LogP contribution in [-0.2, 0) is 20.8 Å². The molecule has 0 fully saturated rings. The number of aromatic nitrogens is 1. The van der Waals surface area contributed by atoms with Crippen LogP contribution in [0.15, 0.2) is 41.4 Å². The maximum atomic E-state index is 13.0. The number of methoxy groups -OCH3 is 2. The van der Waals surface area contributed by atoms with E-state index in [0.29, 0.717) is 27.3 Å². The zero-order valence-corrected chi connectivity index (χ0v) is 19.6. The first-order valence-electron chi connectivity index (χ1n) is 10.2. The third-order valence-corrected chi connectivity index (χ3v) is 5.66. The fourth-order valence-electron chi connectivity index (χ4n) is 3.11. The number of esters is 2. The SMILES string of the molecule is CCOC(=O)Cn1c(=NC(=O)c2ccc(OC)cc2OC)sc2cc(C(=O)OCC)ccc21. The number of carbonyl (C=O) groups is 3. The van der Waals surface area contributed by atoms with E-state index >= 15 is 0 Å². The van der Waals surface area contributed by atoms with Crippen molar-refractivity contribution < 1.29 is 33.3 Å². The predicted molar refractivity (Wildman–Crippen MR) is 122 cm³/mol. The lowest BCUT2D eigenvalue weighted by molar-refractivity contribution is -0.143. The molecule has 0 aliphatic carbocycles. The Morgan fingerprint density at radius 2 is 1.73 bits per heavy atom. The summed E-state index contributed by atoms with van der Waals surface area (Å²) in [4.78, 5) is 41.9. The molecule has 10 heteroatoms. The average Bonchev–Trinajstić information content (AvgIpc) is 3.14. The number of fused-ring (bicyclic) bond motifs is 1. The second kappa shape index (κ2) is 10.8. The molecule has 1 heterocycles. The van der Waals surface area contributed by atoms with Gasteiger partial charge in [0.15, 0.2) is 4.80 Å². The number of nitrogens with zero attached hydrogens (tertiary/aromatic N) is 2. The van der Waals surface area contributed by atoms with Crippen molar-refractivity contribution in [3.8, 4) is 11.5 Å². The van der Waals surface area contributed by atoms with Crippen LogP contribution in [0.2, 0.25) is 0 Å². The van der Waals surface area contributed by atoms with Gasteiger partial charge < -0.3 is 23.5 Å². The highest BCUT2D eigenvalue weighted by molar-refractivity contribution is 7.16. The summed E-state index contributed by atoms with van der Waals surface area (Å²) in [5.41, 5.74) is 1.24. The Labute approximate surface area is 194 Å². The molecule has 2 aromatic carbocycles. The molecular weight excluding hydrogens is 448 g/mol. The Balaban J connectivity index is 2.13. The largest absolute Gasteiger partial charge is 0.497 e. The number of amides is 1. The second-order valence-corrected chi connectivity index (χ2v) is 7.67. The number of carbonyl (C=O) groups excluding carboxylic acids is 3. The number of thiazole rings is 1. The average molecular weight is 473 g/mol. The van der Waals surface area contributed by atoms with E-state index in [9.17, 15) is 14.4 Å². The van der Waals surface area contributed by atoms with Crippen LogP contribution >= 0.6 is 11.3 Å². The van der Waals surface area contributed by atoms with E-state index in [1.54, 1.807) is 54.8 Å². The van der Waals surface area contributed by atoms with Gasteiger partial charge in [0.2, 0.25) is 0 Å². The molecule has 3 aromatic rings. The van der Waals surface area contributed by atoms with Crippen molar-refractivity contribution in [3.63, 3.8) is 0 Å². The summed E-state index contributed by atoms with van der Waals surface area (Å²) in [7, 11) is 2.96. The van der Waals surface area contributed by atoms with Gasteiger partial charge in [-0.2, -0.15) is 4.99 Å². The standard InChI is InChI=1S/C23H24N2O7S/c1-5-31-20(26)13-25-17-10-7-14(22(28)32-6-2)11-19(17)33-23(25)24-21(27)16-9-8-15(29-3)12-18(16)30-4/h7-12H,5-6,13H2,1-4H3. The summed E-state index contributed by atoms with van der Waals surface area (Å²) in [6, 6.07) is 9.73. The van der Waals surface area contributed by atoms with Gasteiger partial charge in [0, 0.05) is 6.07 Å². The minimum absolute atomic E-state index is 0.140. The van der Waals surface area contributed by atoms with Crippen molar-refractivity contribution in [2.24, 2.45) is 4.99 Å². The molecule has 33 heavy (non-hydrogen) atoms. The van der Waals surface area contributed by atoms with E-state index < -0.39 is 17.8 Å². The molecule has 0 unspecified atom stereocenters. The van der Waals surface area contributed by atoms with Gasteiger partial charge in [0.1, 0.15) is 18.0 Å². The molecule has 0 bridgehead atoms. The molecule has 0 aliphatic heterocycles. The smallest absolute Gasteiger partial charge is 0.338 e. The van der Waals surface area contributed by atoms with Gasteiger partial charge in [-0.1, -0.05) is 11.3 Å². The zero-order chi connectivity index (χ0) is 24.0. The van der Waals surface area contributed by atoms with Crippen molar-refractivity contribution in [3.05, 3.63) is 52.3 Å². The molecule has 0 aliphatic rings. The molecule has 1 amide bonds. The Bertz CT molecular complexity index is 1260. The van der Waals surface area contributed by atoms with Gasteiger partial charge in [-0.05, 0) is 44.2 Å². The molecular formula is C23H24N2O7S. The summed E-state index contributed by atoms with van der Waals surface area (Å²) >= 11 is 1.17. The van der Waals surface area contributed by atoms with Crippen LogP contribution < -0.4 is 14.3 Å². The van der Waals surface area contributed by atoms with Crippen molar-refractivity contribution in [1.29, 1.82) is 0 Å². The van der Waals surface area contributed by atoms with E-state index in [-0.39, 0.29) is 30.1 Å². The molecule has 0 saturated carbocycles. The molecule has 1 aromatic heterocycles. The van der Waals surface area contributed by atoms with Crippen LogP contribution in [-0.4, -0.2) is 49.8 Å². The summed E-state index contributed by atoms with van der Waals surface area (Å²) in [6.07, 6.45) is 0. The topological polar surface area (TPSA) is 105 Å². The van der Waals surface area contributed by atoms with Gasteiger partial charge in [-0.25, -0.2) is 4.79 Å². The highest BCUT2D eigenvalue weighted by Crippen LogP contribution is 2.25. The summed E-state index contributed by atoms with van der Waals surface area (Å²) < 4.78 is 22.9. The van der Waals surface area contributed by atoms with Crippen LogP contribution in [0.5, 0.6) is 11.5 Å². The third-order valence-electron chi connectivity index (χ3n) is 4.62. The highest BCUT2D eigenvalue weighted by atomic mass is 32.1. The van der Waals surface area contributed by atoms with Crippen molar-refractivity contribution in [2.45, 2.75) is 20.4 Å². The van der Waals surface area contributed by atoms with E-state index in [4.69, 9.17) is 18.9 Å². The van der Waals surface area contributed by atoms with Crippen molar-refractivity contribution in [2.75, 3.05) is 27.4 Å². The van der Waals surface area contributed by atoms with Gasteiger partial charge in [-0.3, -0.25) is 9.59 Å². The normalized spacial score (nSPS) is 11.3. The number of hydrogen-bond donors (Lipinski definition) is 0. The summed E-state index contributed by atoms with van der Waals surface area (Å²) in [5, 5.41) is 0. The lowest BCUT2D eigenvalue weighted by Gasteiger charge is -2.08. The highest BCUT2D eigenvalue weighted by Gasteiger charge is 2.17. The Kier molecular flexibility index (Phi) is 7.83. The van der Waals surface area contributed by atoms with Crippen LogP contribution in [0.1, 0.15) is 34.6 Å². The van der Waals surface area contributed by atoms with E-state index in [0.717, 1.165) is 0 Å². The van der Waals surface area contributed by atoms with Crippen LogP contribution in [0.25, 0.3) is 10.2 Å². The molecule has 0 N–H and O–H groups in total. The monoisotopic (exact) mass is 472 g/mol. The number of ether oxygens (including phenoxy) is 4. The lowest BCUT2D eigenvalue weighted by atomic mass is 10.2. The molecule has 9 nitrogen and oxygen atoms in total. The number of benzene rings is 2. The van der Waals surface area contributed by atoms with Gasteiger partial charge in [0.05, 0.1) is 48.8 Å². The quantitative estimate of drug-likeness (QED) is 0.464. The molecule has 174 valence electrons. The number of rotatable bonds is 8. The summed E-state index contributed by atoms with van der Waals surface area (Å²) in [5.74, 6) is -0.631. The molecule has 0 radical (unpaired) electrons. The predicted octanol–water partition coefficient (Wildman–Crippen LogP) is 3.20. The number of hydrogen-bond acceptors (Lipinski definition) is 8.